The number of nitrogens with zero attached hydrogens (tertiary/aromatic N) is 1. The average Bonchev–Trinajstić information content (AvgIpc) is 2.71. The Bertz CT molecular complexity index is 578. The van der Waals surface area contributed by atoms with Crippen LogP contribution in [0.5, 0.6) is 0 Å². The second kappa shape index (κ2) is 5.79. The number of nitrogens with one attached hydrogen (secondary N) is 1. The van der Waals surface area contributed by atoms with E-state index >= 15 is 0 Å². The standard InChI is InChI=1S/C14H21FN2O2S/c1-10-6-13(15)7-11(2)14(10)20(18,19)16-8-12-4-5-17(3)9-12/h6-7,12,16H,4-5,8-9H2,1-3H3. The highest BCUT2D eigenvalue weighted by atomic mass is 32.2. The van der Waals surface area contributed by atoms with Crippen LogP contribution in [0.4, 0.5) is 4.39 Å². The van der Waals surface area contributed by atoms with Gasteiger partial charge in [0.15, 0.2) is 0 Å². The molecule has 1 unspecified atom stereocenters. The zero-order valence-corrected chi connectivity index (χ0v) is 12.9. The molecule has 0 radical (unpaired) electrons. The number of halogens is 1. The molecule has 6 heteroatoms. The minimum Gasteiger partial charge on any atom is -0.306 e. The van der Waals surface area contributed by atoms with Crippen LogP contribution in [-0.4, -0.2) is 40.0 Å². The van der Waals surface area contributed by atoms with Gasteiger partial charge in [0.25, 0.3) is 0 Å². The van der Waals surface area contributed by atoms with Crippen molar-refractivity contribution < 1.29 is 12.8 Å². The maximum Gasteiger partial charge on any atom is 0.241 e. The van der Waals surface area contributed by atoms with E-state index in [0.717, 1.165) is 19.5 Å². The Kier molecular flexibility index (Phi) is 4.46. The lowest BCUT2D eigenvalue weighted by Crippen LogP contribution is -2.31. The van der Waals surface area contributed by atoms with Crippen LogP contribution >= 0.6 is 0 Å². The molecule has 1 heterocycles. The van der Waals surface area contributed by atoms with Gasteiger partial charge < -0.3 is 4.90 Å². The largest absolute Gasteiger partial charge is 0.306 e. The van der Waals surface area contributed by atoms with Crippen LogP contribution in [0.15, 0.2) is 17.0 Å². The number of likely N-dealkylation sites (tertiary alicyclic amines) is 1. The van der Waals surface area contributed by atoms with Crippen molar-refractivity contribution in [2.24, 2.45) is 5.92 Å². The molecule has 20 heavy (non-hydrogen) atoms. The fourth-order valence-electron chi connectivity index (χ4n) is 2.81. The molecule has 1 saturated heterocycles. The molecule has 0 aromatic heterocycles. The van der Waals surface area contributed by atoms with Crippen molar-refractivity contribution in [1.29, 1.82) is 0 Å². The summed E-state index contributed by atoms with van der Waals surface area (Å²) >= 11 is 0. The molecule has 1 aliphatic rings. The van der Waals surface area contributed by atoms with Gasteiger partial charge in [0, 0.05) is 13.1 Å². The smallest absolute Gasteiger partial charge is 0.241 e. The van der Waals surface area contributed by atoms with Crippen molar-refractivity contribution in [3.05, 3.63) is 29.1 Å². The molecule has 0 bridgehead atoms. The van der Waals surface area contributed by atoms with E-state index < -0.39 is 15.8 Å². The van der Waals surface area contributed by atoms with Gasteiger partial charge in [0.05, 0.1) is 4.90 Å². The Balaban J connectivity index is 2.15. The number of sulfonamides is 1. The number of hydrogen-bond acceptors (Lipinski definition) is 3. The summed E-state index contributed by atoms with van der Waals surface area (Å²) in [6.07, 6.45) is 1.00. The van der Waals surface area contributed by atoms with Gasteiger partial charge in [-0.2, -0.15) is 0 Å². The molecular weight excluding hydrogens is 279 g/mol. The van der Waals surface area contributed by atoms with E-state index in [1.165, 1.54) is 12.1 Å². The van der Waals surface area contributed by atoms with Gasteiger partial charge in [-0.05, 0) is 63.0 Å². The molecule has 1 fully saturated rings. The molecule has 0 aliphatic carbocycles. The monoisotopic (exact) mass is 300 g/mol. The Morgan fingerprint density at radius 3 is 2.45 bits per heavy atom. The summed E-state index contributed by atoms with van der Waals surface area (Å²) in [5, 5.41) is 0. The molecule has 1 aliphatic heterocycles. The molecule has 4 nitrogen and oxygen atoms in total. The average molecular weight is 300 g/mol. The maximum atomic E-state index is 13.3. The van der Waals surface area contributed by atoms with Gasteiger partial charge in [-0.25, -0.2) is 17.5 Å². The minimum atomic E-state index is -3.58. The van der Waals surface area contributed by atoms with E-state index in [1.54, 1.807) is 13.8 Å². The molecule has 0 amide bonds. The lowest BCUT2D eigenvalue weighted by atomic mass is 10.1. The third kappa shape index (κ3) is 3.37. The molecule has 1 aromatic rings. The van der Waals surface area contributed by atoms with Crippen LogP contribution in [0, 0.1) is 25.6 Å². The number of rotatable bonds is 4. The summed E-state index contributed by atoms with van der Waals surface area (Å²) in [6.45, 7) is 5.58. The second-order valence-electron chi connectivity index (χ2n) is 5.64. The van der Waals surface area contributed by atoms with Crippen molar-refractivity contribution in [2.75, 3.05) is 26.7 Å². The second-order valence-corrected chi connectivity index (χ2v) is 7.34. The van der Waals surface area contributed by atoms with Crippen LogP contribution < -0.4 is 4.72 Å². The van der Waals surface area contributed by atoms with Crippen LogP contribution in [-0.2, 0) is 10.0 Å². The number of aryl methyl sites for hydroxylation is 2. The van der Waals surface area contributed by atoms with Gasteiger partial charge in [-0.3, -0.25) is 0 Å². The Morgan fingerprint density at radius 2 is 1.95 bits per heavy atom. The van der Waals surface area contributed by atoms with Crippen molar-refractivity contribution in [3.63, 3.8) is 0 Å². The molecule has 2 rings (SSSR count). The molecule has 0 saturated carbocycles. The van der Waals surface area contributed by atoms with Crippen molar-refractivity contribution >= 4 is 10.0 Å². The predicted molar refractivity (Wildman–Crippen MR) is 76.7 cm³/mol. The summed E-state index contributed by atoms with van der Waals surface area (Å²) in [4.78, 5) is 2.39. The van der Waals surface area contributed by atoms with Gasteiger partial charge >= 0.3 is 0 Å². The zero-order valence-electron chi connectivity index (χ0n) is 12.1. The molecule has 1 atom stereocenters. The normalized spacial score (nSPS) is 20.5. The summed E-state index contributed by atoms with van der Waals surface area (Å²) in [5.41, 5.74) is 0.886. The Morgan fingerprint density at radius 1 is 1.35 bits per heavy atom. The lowest BCUT2D eigenvalue weighted by molar-refractivity contribution is 0.394. The fourth-order valence-corrected chi connectivity index (χ4v) is 4.38. The minimum absolute atomic E-state index is 0.199. The topological polar surface area (TPSA) is 49.4 Å². The van der Waals surface area contributed by atoms with Crippen LogP contribution in [0.25, 0.3) is 0 Å². The first kappa shape index (κ1) is 15.4. The first-order chi connectivity index (χ1) is 9.29. The van der Waals surface area contributed by atoms with Crippen LogP contribution in [0.2, 0.25) is 0 Å². The maximum absolute atomic E-state index is 13.3. The third-order valence-corrected chi connectivity index (χ3v) is 5.47. The quantitative estimate of drug-likeness (QED) is 0.920. The Hall–Kier alpha value is -0.980. The molecule has 1 aromatic carbocycles. The van der Waals surface area contributed by atoms with E-state index in [9.17, 15) is 12.8 Å². The highest BCUT2D eigenvalue weighted by Gasteiger charge is 2.24. The van der Waals surface area contributed by atoms with E-state index in [0.29, 0.717) is 23.6 Å². The molecule has 0 spiro atoms. The van der Waals surface area contributed by atoms with E-state index in [1.807, 2.05) is 7.05 Å². The van der Waals surface area contributed by atoms with E-state index in [4.69, 9.17) is 0 Å². The Labute approximate surface area is 120 Å². The summed E-state index contributed by atoms with van der Waals surface area (Å²) in [5.74, 6) is -0.0628. The summed E-state index contributed by atoms with van der Waals surface area (Å²) in [7, 11) is -1.55. The summed E-state index contributed by atoms with van der Waals surface area (Å²) < 4.78 is 40.7. The van der Waals surface area contributed by atoms with Crippen LogP contribution in [0.1, 0.15) is 17.5 Å². The highest BCUT2D eigenvalue weighted by molar-refractivity contribution is 7.89. The highest BCUT2D eigenvalue weighted by Crippen LogP contribution is 2.22. The lowest BCUT2D eigenvalue weighted by Gasteiger charge is -2.15. The first-order valence-corrected chi connectivity index (χ1v) is 8.23. The molecular formula is C14H21FN2O2S. The zero-order chi connectivity index (χ0) is 14.9. The van der Waals surface area contributed by atoms with Gasteiger partial charge in [-0.15, -0.1) is 0 Å². The van der Waals surface area contributed by atoms with Gasteiger partial charge in [0.1, 0.15) is 5.82 Å². The van der Waals surface area contributed by atoms with Crippen LogP contribution in [0.3, 0.4) is 0 Å². The van der Waals surface area contributed by atoms with Gasteiger partial charge in [0.2, 0.25) is 10.0 Å². The number of hydrogen-bond donors (Lipinski definition) is 1. The summed E-state index contributed by atoms with van der Waals surface area (Å²) in [6, 6.07) is 2.51. The molecule has 112 valence electrons. The SMILES string of the molecule is Cc1cc(F)cc(C)c1S(=O)(=O)NCC1CCN(C)C1. The van der Waals surface area contributed by atoms with Crippen molar-refractivity contribution in [3.8, 4) is 0 Å². The number of benzene rings is 1. The first-order valence-electron chi connectivity index (χ1n) is 6.74. The van der Waals surface area contributed by atoms with Crippen molar-refractivity contribution in [1.82, 2.24) is 9.62 Å². The fraction of sp³-hybridized carbons (Fsp3) is 0.571. The van der Waals surface area contributed by atoms with Crippen molar-refractivity contribution in [2.45, 2.75) is 25.2 Å². The van der Waals surface area contributed by atoms with E-state index in [2.05, 4.69) is 9.62 Å². The third-order valence-electron chi connectivity index (χ3n) is 3.74. The molecule has 1 N–H and O–H groups in total. The van der Waals surface area contributed by atoms with E-state index in [-0.39, 0.29) is 4.90 Å². The van der Waals surface area contributed by atoms with Gasteiger partial charge in [-0.1, -0.05) is 0 Å². The predicted octanol–water partition coefficient (Wildman–Crippen LogP) is 1.67.